The van der Waals surface area contributed by atoms with E-state index < -0.39 is 35.8 Å². The number of carboxylic acid groups (broad SMARTS) is 1. The van der Waals surface area contributed by atoms with Crippen LogP contribution in [0.15, 0.2) is 16.6 Å². The van der Waals surface area contributed by atoms with Crippen LogP contribution in [-0.2, 0) is 4.79 Å². The van der Waals surface area contributed by atoms with E-state index in [4.69, 9.17) is 5.11 Å². The number of carbonyl (C=O) groups excluding carboxylic acids is 1. The maximum absolute atomic E-state index is 13.2. The molecule has 0 aromatic heterocycles. The van der Waals surface area contributed by atoms with Crippen molar-refractivity contribution in [3.63, 3.8) is 0 Å². The first kappa shape index (κ1) is 16.3. The quantitative estimate of drug-likeness (QED) is 0.619. The second kappa shape index (κ2) is 6.14. The number of anilines is 1. The highest BCUT2D eigenvalue weighted by Crippen LogP contribution is 2.26. The summed E-state index contributed by atoms with van der Waals surface area (Å²) in [6, 6.07) is 0.585. The summed E-state index contributed by atoms with van der Waals surface area (Å²) < 4.78 is 26.0. The zero-order valence-corrected chi connectivity index (χ0v) is 11.8. The molecular formula is C11H11BrF2N2O4. The van der Waals surface area contributed by atoms with Crippen LogP contribution in [0.4, 0.5) is 19.3 Å². The lowest BCUT2D eigenvalue weighted by molar-refractivity contribution is -0.155. The van der Waals surface area contributed by atoms with Crippen molar-refractivity contribution >= 4 is 33.6 Å². The van der Waals surface area contributed by atoms with Crippen LogP contribution in [0.1, 0.15) is 6.92 Å². The lowest BCUT2D eigenvalue weighted by Gasteiger charge is -2.18. The van der Waals surface area contributed by atoms with Gasteiger partial charge in [-0.3, -0.25) is 0 Å². The molecule has 1 aromatic carbocycles. The van der Waals surface area contributed by atoms with Gasteiger partial charge < -0.3 is 20.8 Å². The fraction of sp³-hybridized carbons (Fsp3) is 0.273. The highest BCUT2D eigenvalue weighted by molar-refractivity contribution is 9.10. The number of aliphatic carboxylic acids is 1. The van der Waals surface area contributed by atoms with Gasteiger partial charge in [-0.1, -0.05) is 0 Å². The molecule has 0 bridgehead atoms. The van der Waals surface area contributed by atoms with E-state index in [0.29, 0.717) is 6.07 Å². The van der Waals surface area contributed by atoms with E-state index >= 15 is 0 Å². The number of carboxylic acids is 1. The van der Waals surface area contributed by atoms with Crippen LogP contribution in [0.3, 0.4) is 0 Å². The van der Waals surface area contributed by atoms with Gasteiger partial charge in [-0.2, -0.15) is 0 Å². The zero-order valence-electron chi connectivity index (χ0n) is 10.2. The first-order valence-corrected chi connectivity index (χ1v) is 6.08. The Hall–Kier alpha value is -1.74. The predicted octanol–water partition coefficient (Wildman–Crippen LogP) is 1.68. The van der Waals surface area contributed by atoms with Crippen LogP contribution in [0, 0.1) is 11.6 Å². The Labute approximate surface area is 120 Å². The van der Waals surface area contributed by atoms with Crippen molar-refractivity contribution in [3.05, 3.63) is 28.2 Å². The summed E-state index contributed by atoms with van der Waals surface area (Å²) in [7, 11) is 0. The maximum Gasteiger partial charge on any atom is 0.337 e. The number of urea groups is 1. The van der Waals surface area contributed by atoms with Crippen molar-refractivity contribution < 1.29 is 28.6 Å². The highest BCUT2D eigenvalue weighted by Gasteiger charge is 2.30. The summed E-state index contributed by atoms with van der Waals surface area (Å²) in [5.74, 6) is -3.31. The van der Waals surface area contributed by atoms with Crippen molar-refractivity contribution in [1.82, 2.24) is 5.32 Å². The average Bonchev–Trinajstić information content (AvgIpc) is 2.33. The van der Waals surface area contributed by atoms with Crippen LogP contribution in [-0.4, -0.2) is 34.4 Å². The minimum atomic E-state index is -2.15. The molecule has 1 rings (SSSR count). The van der Waals surface area contributed by atoms with E-state index in [-0.39, 0.29) is 10.2 Å². The van der Waals surface area contributed by atoms with Gasteiger partial charge >= 0.3 is 12.0 Å². The van der Waals surface area contributed by atoms with Crippen LogP contribution < -0.4 is 10.6 Å². The Kier molecular flexibility index (Phi) is 5.01. The molecule has 0 aliphatic heterocycles. The number of hydrogen-bond donors (Lipinski definition) is 4. The van der Waals surface area contributed by atoms with E-state index in [1.807, 2.05) is 0 Å². The molecule has 1 atom stereocenters. The number of benzene rings is 1. The Morgan fingerprint density at radius 2 is 2.00 bits per heavy atom. The van der Waals surface area contributed by atoms with E-state index in [1.165, 1.54) is 0 Å². The number of amides is 2. The standard InChI is InChI=1S/C11H11BrF2N2O4/c1-11(20,9(17)18)4-15-10(19)16-7-3-5(13)2-6(14)8(7)12/h2-3,20H,4H2,1H3,(H,17,18)(H2,15,16,19). The number of carbonyl (C=O) groups is 2. The van der Waals surface area contributed by atoms with Crippen LogP contribution in [0.25, 0.3) is 0 Å². The van der Waals surface area contributed by atoms with Crippen molar-refractivity contribution in [3.8, 4) is 0 Å². The smallest absolute Gasteiger partial charge is 0.337 e. The fourth-order valence-corrected chi connectivity index (χ4v) is 1.47. The summed E-state index contributed by atoms with van der Waals surface area (Å²) in [5, 5.41) is 22.2. The maximum atomic E-state index is 13.2. The van der Waals surface area contributed by atoms with E-state index in [1.54, 1.807) is 0 Å². The molecule has 0 fully saturated rings. The highest BCUT2D eigenvalue weighted by atomic mass is 79.9. The molecule has 0 radical (unpaired) electrons. The van der Waals surface area contributed by atoms with Crippen LogP contribution in [0.2, 0.25) is 0 Å². The minimum Gasteiger partial charge on any atom is -0.479 e. The molecule has 1 unspecified atom stereocenters. The van der Waals surface area contributed by atoms with Gasteiger partial charge in [0.25, 0.3) is 0 Å². The van der Waals surface area contributed by atoms with E-state index in [9.17, 15) is 23.5 Å². The number of rotatable bonds is 4. The number of aliphatic hydroxyl groups is 1. The minimum absolute atomic E-state index is 0.154. The van der Waals surface area contributed by atoms with Gasteiger partial charge in [-0.15, -0.1) is 0 Å². The van der Waals surface area contributed by atoms with E-state index in [0.717, 1.165) is 13.0 Å². The third-order valence-corrected chi connectivity index (χ3v) is 3.10. The third-order valence-electron chi connectivity index (χ3n) is 2.30. The van der Waals surface area contributed by atoms with Gasteiger partial charge in [-0.05, 0) is 28.9 Å². The molecule has 20 heavy (non-hydrogen) atoms. The Morgan fingerprint density at radius 3 is 2.55 bits per heavy atom. The first-order valence-electron chi connectivity index (χ1n) is 5.28. The Morgan fingerprint density at radius 1 is 1.40 bits per heavy atom. The van der Waals surface area contributed by atoms with Gasteiger partial charge in [0.2, 0.25) is 0 Å². The molecule has 0 aliphatic carbocycles. The van der Waals surface area contributed by atoms with E-state index in [2.05, 4.69) is 26.6 Å². The molecule has 9 heteroatoms. The molecule has 0 saturated heterocycles. The summed E-state index contributed by atoms with van der Waals surface area (Å²) in [6.45, 7) is 0.414. The Balaban J connectivity index is 2.71. The normalized spacial score (nSPS) is 13.4. The van der Waals surface area contributed by atoms with Crippen molar-refractivity contribution in [2.75, 3.05) is 11.9 Å². The molecule has 0 spiro atoms. The van der Waals surface area contributed by atoms with Crippen LogP contribution >= 0.6 is 15.9 Å². The van der Waals surface area contributed by atoms with Crippen molar-refractivity contribution in [2.24, 2.45) is 0 Å². The predicted molar refractivity (Wildman–Crippen MR) is 69.3 cm³/mol. The zero-order chi connectivity index (χ0) is 15.5. The van der Waals surface area contributed by atoms with Gasteiger partial charge in [0.15, 0.2) is 5.60 Å². The number of hydrogen-bond acceptors (Lipinski definition) is 3. The first-order chi connectivity index (χ1) is 9.13. The van der Waals surface area contributed by atoms with Gasteiger partial charge in [0, 0.05) is 6.07 Å². The third kappa shape index (κ3) is 4.14. The molecule has 2 amide bonds. The Bertz CT molecular complexity index is 551. The van der Waals surface area contributed by atoms with Gasteiger partial charge in [-0.25, -0.2) is 18.4 Å². The molecule has 4 N–H and O–H groups in total. The second-order valence-corrected chi connectivity index (χ2v) is 4.93. The molecule has 6 nitrogen and oxygen atoms in total. The topological polar surface area (TPSA) is 98.7 Å². The number of nitrogens with one attached hydrogen (secondary N) is 2. The summed E-state index contributed by atoms with van der Waals surface area (Å²) in [4.78, 5) is 22.1. The largest absolute Gasteiger partial charge is 0.479 e. The summed E-state index contributed by atoms with van der Waals surface area (Å²) in [5.41, 5.74) is -2.32. The van der Waals surface area contributed by atoms with Crippen molar-refractivity contribution in [2.45, 2.75) is 12.5 Å². The van der Waals surface area contributed by atoms with Crippen molar-refractivity contribution in [1.29, 1.82) is 0 Å². The summed E-state index contributed by atoms with van der Waals surface area (Å²) in [6.07, 6.45) is 0. The van der Waals surface area contributed by atoms with Gasteiger partial charge in [0.05, 0.1) is 16.7 Å². The molecule has 110 valence electrons. The molecule has 1 aromatic rings. The molecule has 0 aliphatic rings. The molecular weight excluding hydrogens is 342 g/mol. The number of halogens is 3. The fourth-order valence-electron chi connectivity index (χ4n) is 1.14. The molecule has 0 heterocycles. The second-order valence-electron chi connectivity index (χ2n) is 4.14. The van der Waals surface area contributed by atoms with Gasteiger partial charge in [0.1, 0.15) is 11.6 Å². The van der Waals surface area contributed by atoms with Crippen LogP contribution in [0.5, 0.6) is 0 Å². The molecule has 0 saturated carbocycles. The lowest BCUT2D eigenvalue weighted by Crippen LogP contribution is -2.47. The lowest BCUT2D eigenvalue weighted by atomic mass is 10.1. The average molecular weight is 353 g/mol. The summed E-state index contributed by atoms with van der Waals surface area (Å²) >= 11 is 2.83. The monoisotopic (exact) mass is 352 g/mol. The SMILES string of the molecule is CC(O)(CNC(=O)Nc1cc(F)cc(F)c1Br)C(=O)O.